The second kappa shape index (κ2) is 6.38. The van der Waals surface area contributed by atoms with Gasteiger partial charge in [0.1, 0.15) is 5.75 Å². The quantitative estimate of drug-likeness (QED) is 0.927. The predicted octanol–water partition coefficient (Wildman–Crippen LogP) is 2.30. The molecular formula is C17H23NO4. The van der Waals surface area contributed by atoms with Crippen LogP contribution in [0.25, 0.3) is 0 Å². The minimum absolute atomic E-state index is 0.0244. The molecule has 0 saturated carbocycles. The van der Waals surface area contributed by atoms with Crippen LogP contribution in [0.4, 0.5) is 0 Å². The van der Waals surface area contributed by atoms with Crippen LogP contribution in [0.15, 0.2) is 24.3 Å². The normalized spacial score (nSPS) is 18.9. The van der Waals surface area contributed by atoms with Crippen molar-refractivity contribution >= 4 is 11.9 Å². The Labute approximate surface area is 130 Å². The zero-order valence-corrected chi connectivity index (χ0v) is 13.3. The number of carbonyl (C=O) groups excluding carboxylic acids is 1. The van der Waals surface area contributed by atoms with Crippen LogP contribution in [0.5, 0.6) is 5.75 Å². The fraction of sp³-hybridized carbons (Fsp3) is 0.529. The number of carboxylic acid groups (broad SMARTS) is 1. The van der Waals surface area contributed by atoms with Crippen LogP contribution in [0.1, 0.15) is 32.3 Å². The van der Waals surface area contributed by atoms with Crippen LogP contribution in [-0.4, -0.2) is 42.1 Å². The molecule has 0 radical (unpaired) electrons. The van der Waals surface area contributed by atoms with Gasteiger partial charge in [-0.15, -0.1) is 0 Å². The number of hydrogen-bond donors (Lipinski definition) is 1. The van der Waals surface area contributed by atoms with Crippen LogP contribution in [-0.2, 0) is 15.0 Å². The lowest BCUT2D eigenvalue weighted by atomic mass is 9.82. The van der Waals surface area contributed by atoms with Crippen molar-refractivity contribution in [1.29, 1.82) is 0 Å². The number of benzene rings is 1. The molecule has 5 nitrogen and oxygen atoms in total. The number of amides is 1. The molecule has 120 valence electrons. The summed E-state index contributed by atoms with van der Waals surface area (Å²) in [5.74, 6) is -0.552. The van der Waals surface area contributed by atoms with E-state index in [2.05, 4.69) is 0 Å². The zero-order valence-electron chi connectivity index (χ0n) is 13.3. The van der Waals surface area contributed by atoms with E-state index in [-0.39, 0.29) is 5.91 Å². The van der Waals surface area contributed by atoms with Gasteiger partial charge in [0.05, 0.1) is 18.4 Å². The number of nitrogens with zero attached hydrogens (tertiary/aromatic N) is 1. The molecule has 1 aliphatic rings. The second-order valence-electron chi connectivity index (χ2n) is 6.28. The fourth-order valence-electron chi connectivity index (χ4n) is 2.89. The third kappa shape index (κ3) is 3.24. The number of hydrogen-bond acceptors (Lipinski definition) is 3. The summed E-state index contributed by atoms with van der Waals surface area (Å²) < 4.78 is 5.14. The molecule has 1 atom stereocenters. The van der Waals surface area contributed by atoms with Crippen LogP contribution in [0.2, 0.25) is 0 Å². The Morgan fingerprint density at radius 1 is 1.27 bits per heavy atom. The van der Waals surface area contributed by atoms with E-state index in [1.54, 1.807) is 12.0 Å². The van der Waals surface area contributed by atoms with Crippen LogP contribution < -0.4 is 4.74 Å². The van der Waals surface area contributed by atoms with Gasteiger partial charge < -0.3 is 14.7 Å². The second-order valence-corrected chi connectivity index (χ2v) is 6.28. The molecular weight excluding hydrogens is 282 g/mol. The first kappa shape index (κ1) is 16.3. The Hall–Kier alpha value is -2.04. The van der Waals surface area contributed by atoms with Gasteiger partial charge >= 0.3 is 5.97 Å². The first-order valence-corrected chi connectivity index (χ1v) is 7.53. The molecule has 1 aromatic rings. The van der Waals surface area contributed by atoms with Crippen molar-refractivity contribution in [2.24, 2.45) is 5.92 Å². The predicted molar refractivity (Wildman–Crippen MR) is 83.0 cm³/mol. The molecule has 5 heteroatoms. The molecule has 0 unspecified atom stereocenters. The summed E-state index contributed by atoms with van der Waals surface area (Å²) in [5.41, 5.74) is 0.211. The van der Waals surface area contributed by atoms with Crippen LogP contribution in [0, 0.1) is 5.92 Å². The van der Waals surface area contributed by atoms with Gasteiger partial charge in [0.2, 0.25) is 5.91 Å². The van der Waals surface area contributed by atoms with Gasteiger partial charge in [-0.2, -0.15) is 0 Å². The smallest absolute Gasteiger partial charge is 0.308 e. The number of likely N-dealkylation sites (tertiary alicyclic amines) is 1. The Morgan fingerprint density at radius 3 is 2.45 bits per heavy atom. The van der Waals surface area contributed by atoms with E-state index in [0.717, 1.165) is 17.7 Å². The molecule has 1 amide bonds. The average molecular weight is 305 g/mol. The maximum Gasteiger partial charge on any atom is 0.308 e. The Kier molecular flexibility index (Phi) is 4.74. The zero-order chi connectivity index (χ0) is 16.3. The Morgan fingerprint density at radius 2 is 1.91 bits per heavy atom. The minimum atomic E-state index is -0.820. The summed E-state index contributed by atoms with van der Waals surface area (Å²) >= 11 is 0. The van der Waals surface area contributed by atoms with Crippen molar-refractivity contribution in [3.63, 3.8) is 0 Å². The standard InChI is InChI=1S/C17H23NO4/c1-17(2,13-6-8-14(22-3)9-7-13)16(21)18-10-4-5-12(11-18)15(19)20/h6-9,12H,4-5,10-11H2,1-3H3,(H,19,20)/t12-/m0/s1. The first-order valence-electron chi connectivity index (χ1n) is 7.53. The number of carboxylic acids is 1. The SMILES string of the molecule is COc1ccc(C(C)(C)C(=O)N2CCC[C@H](C(=O)O)C2)cc1. The summed E-state index contributed by atoms with van der Waals surface area (Å²) in [6, 6.07) is 7.44. The molecule has 2 rings (SSSR count). The number of aliphatic carboxylic acids is 1. The lowest BCUT2D eigenvalue weighted by Crippen LogP contribution is -2.49. The summed E-state index contributed by atoms with van der Waals surface area (Å²) in [6.07, 6.45) is 1.38. The van der Waals surface area contributed by atoms with Crippen molar-refractivity contribution in [3.05, 3.63) is 29.8 Å². The number of rotatable bonds is 4. The summed E-state index contributed by atoms with van der Waals surface area (Å²) in [5, 5.41) is 9.16. The summed E-state index contributed by atoms with van der Waals surface area (Å²) in [4.78, 5) is 25.7. The fourth-order valence-corrected chi connectivity index (χ4v) is 2.89. The Bertz CT molecular complexity index is 550. The van der Waals surface area contributed by atoms with Crippen molar-refractivity contribution in [1.82, 2.24) is 4.90 Å². The van der Waals surface area contributed by atoms with E-state index in [1.807, 2.05) is 38.1 Å². The monoisotopic (exact) mass is 305 g/mol. The highest BCUT2D eigenvalue weighted by molar-refractivity contribution is 5.88. The maximum absolute atomic E-state index is 12.8. The first-order chi connectivity index (χ1) is 10.4. The van der Waals surface area contributed by atoms with Gasteiger partial charge in [0, 0.05) is 13.1 Å². The van der Waals surface area contributed by atoms with Crippen molar-refractivity contribution in [2.45, 2.75) is 32.1 Å². The molecule has 1 N–H and O–H groups in total. The van der Waals surface area contributed by atoms with Crippen molar-refractivity contribution in [2.75, 3.05) is 20.2 Å². The third-order valence-corrected chi connectivity index (χ3v) is 4.40. The van der Waals surface area contributed by atoms with Gasteiger partial charge in [-0.25, -0.2) is 0 Å². The Balaban J connectivity index is 2.16. The lowest BCUT2D eigenvalue weighted by Gasteiger charge is -2.36. The molecule has 22 heavy (non-hydrogen) atoms. The largest absolute Gasteiger partial charge is 0.497 e. The number of piperidine rings is 1. The highest BCUT2D eigenvalue weighted by Gasteiger charge is 2.37. The van der Waals surface area contributed by atoms with E-state index < -0.39 is 17.3 Å². The van der Waals surface area contributed by atoms with E-state index in [0.29, 0.717) is 19.5 Å². The number of methoxy groups -OCH3 is 1. The third-order valence-electron chi connectivity index (χ3n) is 4.40. The summed E-state index contributed by atoms with van der Waals surface area (Å²) in [7, 11) is 1.60. The molecule has 0 aliphatic carbocycles. The van der Waals surface area contributed by atoms with Crippen LogP contribution in [0.3, 0.4) is 0 Å². The van der Waals surface area contributed by atoms with E-state index >= 15 is 0 Å². The summed E-state index contributed by atoms with van der Waals surface area (Å²) in [6.45, 7) is 4.68. The maximum atomic E-state index is 12.8. The molecule has 1 heterocycles. The molecule has 0 bridgehead atoms. The van der Waals surface area contributed by atoms with E-state index in [9.17, 15) is 9.59 Å². The van der Waals surface area contributed by atoms with E-state index in [4.69, 9.17) is 9.84 Å². The minimum Gasteiger partial charge on any atom is -0.497 e. The number of carbonyl (C=O) groups is 2. The van der Waals surface area contributed by atoms with Crippen molar-refractivity contribution < 1.29 is 19.4 Å². The molecule has 1 aliphatic heterocycles. The lowest BCUT2D eigenvalue weighted by molar-refractivity contribution is -0.147. The van der Waals surface area contributed by atoms with E-state index in [1.165, 1.54) is 0 Å². The van der Waals surface area contributed by atoms with Crippen molar-refractivity contribution in [3.8, 4) is 5.75 Å². The topological polar surface area (TPSA) is 66.8 Å². The van der Waals surface area contributed by atoms with Gasteiger partial charge in [-0.3, -0.25) is 9.59 Å². The molecule has 0 spiro atoms. The molecule has 0 aromatic heterocycles. The van der Waals surface area contributed by atoms with Gasteiger partial charge in [0.25, 0.3) is 0 Å². The molecule has 1 saturated heterocycles. The molecule has 1 aromatic carbocycles. The van der Waals surface area contributed by atoms with Crippen LogP contribution >= 0.6 is 0 Å². The van der Waals surface area contributed by atoms with Gasteiger partial charge in [-0.05, 0) is 44.4 Å². The van der Waals surface area contributed by atoms with Gasteiger partial charge in [-0.1, -0.05) is 12.1 Å². The average Bonchev–Trinajstić information content (AvgIpc) is 2.54. The molecule has 1 fully saturated rings. The highest BCUT2D eigenvalue weighted by Crippen LogP contribution is 2.29. The van der Waals surface area contributed by atoms with Gasteiger partial charge in [0.15, 0.2) is 0 Å². The highest BCUT2D eigenvalue weighted by atomic mass is 16.5. The number of ether oxygens (including phenoxy) is 1.